The maximum atomic E-state index is 13.6. The topological polar surface area (TPSA) is 87.1 Å². The third kappa shape index (κ3) is 4.22. The van der Waals surface area contributed by atoms with Gasteiger partial charge in [-0.25, -0.2) is 9.07 Å². The third-order valence-corrected chi connectivity index (χ3v) is 6.37. The molecule has 2 aromatic carbocycles. The van der Waals surface area contributed by atoms with Crippen LogP contribution in [0.1, 0.15) is 23.2 Å². The van der Waals surface area contributed by atoms with Crippen LogP contribution in [0.4, 0.5) is 4.39 Å². The Labute approximate surface area is 195 Å². The van der Waals surface area contributed by atoms with Gasteiger partial charge < -0.3 is 14.8 Å². The van der Waals surface area contributed by atoms with Gasteiger partial charge in [0.05, 0.1) is 17.4 Å². The second kappa shape index (κ2) is 8.83. The summed E-state index contributed by atoms with van der Waals surface area (Å²) < 4.78 is 15.1. The van der Waals surface area contributed by atoms with Crippen molar-refractivity contribution < 1.29 is 9.18 Å². The second-order valence-electron chi connectivity index (χ2n) is 8.85. The molecule has 0 saturated carbocycles. The lowest BCUT2D eigenvalue weighted by molar-refractivity contribution is 0.0635. The number of nitrogens with zero attached hydrogens (tertiary/aromatic N) is 5. The molecule has 1 aliphatic heterocycles. The lowest BCUT2D eigenvalue weighted by atomic mass is 10.0. The summed E-state index contributed by atoms with van der Waals surface area (Å²) >= 11 is 0. The normalized spacial score (nSPS) is 16.4. The molecule has 9 heteroatoms. The van der Waals surface area contributed by atoms with Crippen LogP contribution in [-0.2, 0) is 0 Å². The predicted molar refractivity (Wildman–Crippen MR) is 127 cm³/mol. The molecule has 1 amide bonds. The number of carbonyl (C=O) groups is 1. The summed E-state index contributed by atoms with van der Waals surface area (Å²) in [5.41, 5.74) is 2.23. The molecule has 1 unspecified atom stereocenters. The molecule has 1 saturated heterocycles. The van der Waals surface area contributed by atoms with E-state index in [1.165, 1.54) is 18.2 Å². The molecular formula is C25H25FN6O2. The minimum Gasteiger partial charge on any atom is -0.337 e. The van der Waals surface area contributed by atoms with Crippen LogP contribution < -0.4 is 5.56 Å². The fraction of sp³-hybridized carbons (Fsp3) is 0.280. The number of likely N-dealkylation sites (tertiary alicyclic amines) is 1. The first-order chi connectivity index (χ1) is 16.4. The van der Waals surface area contributed by atoms with Gasteiger partial charge in [0, 0.05) is 35.6 Å². The van der Waals surface area contributed by atoms with Crippen molar-refractivity contribution in [1.29, 1.82) is 0 Å². The highest BCUT2D eigenvalue weighted by molar-refractivity contribution is 5.94. The molecule has 1 aliphatic rings. The molecule has 0 spiro atoms. The number of rotatable bonds is 4. The van der Waals surface area contributed by atoms with Gasteiger partial charge in [0.15, 0.2) is 0 Å². The first-order valence-electron chi connectivity index (χ1n) is 11.2. The Kier molecular flexibility index (Phi) is 5.70. The minimum absolute atomic E-state index is 0.0207. The van der Waals surface area contributed by atoms with E-state index in [9.17, 15) is 14.0 Å². The number of piperidine rings is 1. The maximum absolute atomic E-state index is 13.6. The summed E-state index contributed by atoms with van der Waals surface area (Å²) in [4.78, 5) is 32.3. The van der Waals surface area contributed by atoms with E-state index in [1.807, 2.05) is 19.0 Å². The Morgan fingerprint density at radius 2 is 1.94 bits per heavy atom. The van der Waals surface area contributed by atoms with Crippen LogP contribution >= 0.6 is 0 Å². The van der Waals surface area contributed by atoms with Gasteiger partial charge in [-0.15, -0.1) is 5.10 Å². The highest BCUT2D eigenvalue weighted by Gasteiger charge is 2.25. The molecule has 1 N–H and O–H groups in total. The Hall–Kier alpha value is -3.85. The summed E-state index contributed by atoms with van der Waals surface area (Å²) in [5, 5.41) is 8.83. The fourth-order valence-electron chi connectivity index (χ4n) is 4.38. The molecule has 1 atom stereocenters. The molecule has 174 valence electrons. The molecule has 0 aliphatic carbocycles. The van der Waals surface area contributed by atoms with E-state index in [1.54, 1.807) is 41.2 Å². The summed E-state index contributed by atoms with van der Waals surface area (Å²) in [6.07, 6.45) is 3.73. The van der Waals surface area contributed by atoms with Gasteiger partial charge in [0.1, 0.15) is 11.5 Å². The first-order valence-corrected chi connectivity index (χ1v) is 11.2. The Morgan fingerprint density at radius 3 is 2.71 bits per heavy atom. The third-order valence-electron chi connectivity index (χ3n) is 6.37. The number of pyridine rings is 1. The quantitative estimate of drug-likeness (QED) is 0.506. The van der Waals surface area contributed by atoms with Gasteiger partial charge in [-0.05, 0) is 75.5 Å². The Morgan fingerprint density at radius 1 is 1.15 bits per heavy atom. The number of halogens is 1. The predicted octanol–water partition coefficient (Wildman–Crippen LogP) is 3.08. The zero-order valence-corrected chi connectivity index (χ0v) is 19.0. The Bertz CT molecular complexity index is 1410. The summed E-state index contributed by atoms with van der Waals surface area (Å²) in [6, 6.07) is 13.3. The molecule has 1 fully saturated rings. The Balaban J connectivity index is 1.37. The largest absolute Gasteiger partial charge is 0.337 e. The van der Waals surface area contributed by atoms with Crippen LogP contribution in [0.5, 0.6) is 0 Å². The molecule has 0 bridgehead atoms. The van der Waals surface area contributed by atoms with E-state index in [0.717, 1.165) is 25.9 Å². The number of H-pyrrole nitrogens is 1. The lowest BCUT2D eigenvalue weighted by Gasteiger charge is -2.36. The lowest BCUT2D eigenvalue weighted by Crippen LogP contribution is -2.47. The van der Waals surface area contributed by atoms with Crippen LogP contribution in [0.15, 0.2) is 59.5 Å². The molecule has 5 rings (SSSR count). The van der Waals surface area contributed by atoms with Gasteiger partial charge >= 0.3 is 0 Å². The summed E-state index contributed by atoms with van der Waals surface area (Å²) in [6.45, 7) is 1.49. The number of amides is 1. The molecule has 0 radical (unpaired) electrons. The molecule has 3 heterocycles. The van der Waals surface area contributed by atoms with E-state index in [2.05, 4.69) is 20.2 Å². The zero-order valence-electron chi connectivity index (χ0n) is 19.0. The number of aromatic amines is 1. The van der Waals surface area contributed by atoms with Gasteiger partial charge in [0.25, 0.3) is 11.5 Å². The van der Waals surface area contributed by atoms with Gasteiger partial charge in [-0.1, -0.05) is 5.21 Å². The van der Waals surface area contributed by atoms with E-state index < -0.39 is 0 Å². The standard InChI is InChI=1S/C25H25FN6O2/c1-30(2)20-4-3-11-31(14-20)25(34)16-5-8-19(9-6-16)32-15-23(28-29-32)21-13-17-12-18(26)7-10-22(17)27-24(21)33/h5-10,12-13,15,20H,3-4,11,14H2,1-2H3,(H,27,33). The van der Waals surface area contributed by atoms with E-state index in [-0.39, 0.29) is 17.3 Å². The number of aromatic nitrogens is 4. The summed E-state index contributed by atoms with van der Waals surface area (Å²) in [5.74, 6) is -0.363. The minimum atomic E-state index is -0.384. The van der Waals surface area contributed by atoms with Crippen LogP contribution in [0.2, 0.25) is 0 Å². The number of fused-ring (bicyclic) bond motifs is 1. The van der Waals surface area contributed by atoms with Crippen molar-refractivity contribution in [2.45, 2.75) is 18.9 Å². The van der Waals surface area contributed by atoms with Crippen LogP contribution in [0.25, 0.3) is 27.8 Å². The van der Waals surface area contributed by atoms with Gasteiger partial charge in [0.2, 0.25) is 0 Å². The zero-order chi connectivity index (χ0) is 23.8. The SMILES string of the molecule is CN(C)C1CCCN(C(=O)c2ccc(-n3cc(-c4cc5cc(F)ccc5[nH]c4=O)nn3)cc2)C1. The van der Waals surface area contributed by atoms with Crippen molar-refractivity contribution >= 4 is 16.8 Å². The number of hydrogen-bond acceptors (Lipinski definition) is 5. The second-order valence-corrected chi connectivity index (χ2v) is 8.85. The van der Waals surface area contributed by atoms with Crippen molar-refractivity contribution in [3.63, 3.8) is 0 Å². The molecule has 4 aromatic rings. The average Bonchev–Trinajstić information content (AvgIpc) is 3.33. The molecular weight excluding hydrogens is 435 g/mol. The number of benzene rings is 2. The number of hydrogen-bond donors (Lipinski definition) is 1. The monoisotopic (exact) mass is 460 g/mol. The van der Waals surface area contributed by atoms with Crippen molar-refractivity contribution in [1.82, 2.24) is 29.8 Å². The number of carbonyl (C=O) groups excluding carboxylic acids is 1. The highest BCUT2D eigenvalue weighted by Crippen LogP contribution is 2.21. The van der Waals surface area contributed by atoms with Crippen molar-refractivity contribution in [3.8, 4) is 16.9 Å². The van der Waals surface area contributed by atoms with E-state index in [0.29, 0.717) is 39.5 Å². The van der Waals surface area contributed by atoms with Crippen molar-refractivity contribution in [2.75, 3.05) is 27.2 Å². The average molecular weight is 461 g/mol. The highest BCUT2D eigenvalue weighted by atomic mass is 19.1. The molecule has 2 aromatic heterocycles. The molecule has 34 heavy (non-hydrogen) atoms. The van der Waals surface area contributed by atoms with E-state index in [4.69, 9.17) is 0 Å². The molecule has 8 nitrogen and oxygen atoms in total. The first kappa shape index (κ1) is 22.0. The van der Waals surface area contributed by atoms with Gasteiger partial charge in [-0.2, -0.15) is 0 Å². The number of likely N-dealkylation sites (N-methyl/N-ethyl adjacent to an activating group) is 1. The smallest absolute Gasteiger partial charge is 0.258 e. The number of nitrogens with one attached hydrogen (secondary N) is 1. The van der Waals surface area contributed by atoms with Crippen molar-refractivity contribution in [3.05, 3.63) is 76.5 Å². The van der Waals surface area contributed by atoms with Crippen LogP contribution in [0, 0.1) is 5.82 Å². The van der Waals surface area contributed by atoms with Gasteiger partial charge in [-0.3, -0.25) is 9.59 Å². The van der Waals surface area contributed by atoms with Crippen LogP contribution in [0.3, 0.4) is 0 Å². The summed E-state index contributed by atoms with van der Waals surface area (Å²) in [7, 11) is 4.09. The van der Waals surface area contributed by atoms with Crippen molar-refractivity contribution in [2.24, 2.45) is 0 Å². The maximum Gasteiger partial charge on any atom is 0.258 e. The van der Waals surface area contributed by atoms with E-state index >= 15 is 0 Å². The fourth-order valence-corrected chi connectivity index (χ4v) is 4.38. The van der Waals surface area contributed by atoms with Crippen LogP contribution in [-0.4, -0.2) is 68.9 Å².